The number of aliphatic hydroxyl groups excluding tert-OH is 1. The van der Waals surface area contributed by atoms with Crippen LogP contribution in [0.1, 0.15) is 23.8 Å². The Bertz CT molecular complexity index is 795. The zero-order valence-electron chi connectivity index (χ0n) is 14.8. The van der Waals surface area contributed by atoms with E-state index < -0.39 is 6.10 Å². The van der Waals surface area contributed by atoms with Crippen LogP contribution < -0.4 is 4.74 Å². The highest BCUT2D eigenvalue weighted by molar-refractivity contribution is 7.18. The molecule has 0 radical (unpaired) electrons. The molecule has 0 saturated carbocycles. The summed E-state index contributed by atoms with van der Waals surface area (Å²) in [6.07, 6.45) is 1.74. The van der Waals surface area contributed by atoms with E-state index in [9.17, 15) is 5.11 Å². The lowest BCUT2D eigenvalue weighted by Gasteiger charge is -2.32. The van der Waals surface area contributed by atoms with Gasteiger partial charge in [0.2, 0.25) is 0 Å². The van der Waals surface area contributed by atoms with Crippen LogP contribution in [0.2, 0.25) is 0 Å². The lowest BCUT2D eigenvalue weighted by atomic mass is 9.97. The lowest BCUT2D eigenvalue weighted by molar-refractivity contribution is 0.0594. The van der Waals surface area contributed by atoms with Crippen molar-refractivity contribution in [2.45, 2.75) is 24.9 Å². The normalized spacial score (nSPS) is 17.4. The Kier molecular flexibility index (Phi) is 5.48. The second-order valence-corrected chi connectivity index (χ2v) is 7.93. The van der Waals surface area contributed by atoms with Gasteiger partial charge in [0.1, 0.15) is 18.5 Å². The zero-order chi connectivity index (χ0) is 17.8. The molecule has 26 heavy (non-hydrogen) atoms. The van der Waals surface area contributed by atoms with Crippen LogP contribution in [0.3, 0.4) is 0 Å². The number of benzene rings is 2. The van der Waals surface area contributed by atoms with E-state index in [1.54, 1.807) is 0 Å². The molecule has 0 aliphatic carbocycles. The van der Waals surface area contributed by atoms with Crippen LogP contribution in [0.4, 0.5) is 0 Å². The Morgan fingerprint density at radius 1 is 1.08 bits per heavy atom. The molecule has 0 bridgehead atoms. The van der Waals surface area contributed by atoms with Crippen LogP contribution in [-0.2, 0) is 0 Å². The molecular weight excluding hydrogens is 344 g/mol. The average molecular weight is 369 g/mol. The van der Waals surface area contributed by atoms with Crippen LogP contribution in [0.25, 0.3) is 10.2 Å². The summed E-state index contributed by atoms with van der Waals surface area (Å²) in [6, 6.07) is 18.0. The van der Waals surface area contributed by atoms with E-state index in [-0.39, 0.29) is 0 Å². The van der Waals surface area contributed by atoms with Crippen LogP contribution in [0.15, 0.2) is 54.6 Å². The van der Waals surface area contributed by atoms with Gasteiger partial charge in [-0.3, -0.25) is 0 Å². The molecule has 0 spiro atoms. The molecule has 5 heteroatoms. The zero-order valence-corrected chi connectivity index (χ0v) is 15.6. The van der Waals surface area contributed by atoms with Crippen LogP contribution in [0.5, 0.6) is 5.75 Å². The summed E-state index contributed by atoms with van der Waals surface area (Å²) < 4.78 is 6.92. The first-order chi connectivity index (χ1) is 12.8. The summed E-state index contributed by atoms with van der Waals surface area (Å²) in [7, 11) is 0. The molecule has 136 valence electrons. The predicted octanol–water partition coefficient (Wildman–Crippen LogP) is 3.92. The number of hydrogen-bond acceptors (Lipinski definition) is 5. The molecule has 1 aromatic heterocycles. The van der Waals surface area contributed by atoms with Gasteiger partial charge in [-0.05, 0) is 50.2 Å². The molecule has 1 saturated heterocycles. The molecule has 1 unspecified atom stereocenters. The van der Waals surface area contributed by atoms with E-state index in [1.165, 1.54) is 9.71 Å². The molecule has 2 heterocycles. The van der Waals surface area contributed by atoms with Crippen molar-refractivity contribution < 1.29 is 9.84 Å². The summed E-state index contributed by atoms with van der Waals surface area (Å²) in [5, 5.41) is 11.5. The molecule has 4 nitrogen and oxygen atoms in total. The van der Waals surface area contributed by atoms with E-state index in [4.69, 9.17) is 9.72 Å². The highest BCUT2D eigenvalue weighted by Crippen LogP contribution is 2.33. The number of aromatic nitrogens is 1. The maximum absolute atomic E-state index is 10.3. The Balaban J connectivity index is 1.25. The fourth-order valence-corrected chi connectivity index (χ4v) is 4.62. The fourth-order valence-electron chi connectivity index (χ4n) is 3.49. The van der Waals surface area contributed by atoms with Gasteiger partial charge in [0.15, 0.2) is 0 Å². The van der Waals surface area contributed by atoms with E-state index in [0.29, 0.717) is 19.1 Å². The number of nitrogens with zero attached hydrogens (tertiary/aromatic N) is 2. The van der Waals surface area contributed by atoms with Crippen molar-refractivity contribution >= 4 is 21.6 Å². The first kappa shape index (κ1) is 17.5. The maximum atomic E-state index is 10.3. The van der Waals surface area contributed by atoms with Crippen LogP contribution in [-0.4, -0.2) is 47.3 Å². The van der Waals surface area contributed by atoms with Gasteiger partial charge in [-0.2, -0.15) is 0 Å². The molecule has 0 amide bonds. The Hall–Kier alpha value is -1.95. The summed E-state index contributed by atoms with van der Waals surface area (Å²) in [5.74, 6) is 1.35. The highest BCUT2D eigenvalue weighted by atomic mass is 32.1. The number of ether oxygens (including phenoxy) is 1. The standard InChI is InChI=1S/C21H24N2O2S/c24-17(15-25-18-6-2-1-3-7-18)14-23-12-10-16(11-13-23)21-22-19-8-4-5-9-20(19)26-21/h1-9,16-17,24H,10-15H2. The molecule has 1 aliphatic heterocycles. The third-order valence-electron chi connectivity index (χ3n) is 4.90. The highest BCUT2D eigenvalue weighted by Gasteiger charge is 2.24. The van der Waals surface area contributed by atoms with Crippen LogP contribution >= 0.6 is 11.3 Å². The van der Waals surface area contributed by atoms with E-state index in [2.05, 4.69) is 23.1 Å². The summed E-state index contributed by atoms with van der Waals surface area (Å²) in [5.41, 5.74) is 1.11. The molecule has 1 N–H and O–H groups in total. The first-order valence-corrected chi connectivity index (χ1v) is 10.0. The number of β-amino-alcohol motifs (C(OH)–C–C–N with tert-alkyl or cyclic N) is 1. The SMILES string of the molecule is OC(COc1ccccc1)CN1CCC(c2nc3ccccc3s2)CC1. The summed E-state index contributed by atoms with van der Waals surface area (Å²) in [4.78, 5) is 7.15. The van der Waals surface area contributed by atoms with Crippen molar-refractivity contribution in [3.05, 3.63) is 59.6 Å². The number of hydrogen-bond donors (Lipinski definition) is 1. The second-order valence-electron chi connectivity index (χ2n) is 6.87. The summed E-state index contributed by atoms with van der Waals surface area (Å²) >= 11 is 1.83. The monoisotopic (exact) mass is 368 g/mol. The number of likely N-dealkylation sites (tertiary alicyclic amines) is 1. The number of para-hydroxylation sites is 2. The number of fused-ring (bicyclic) bond motifs is 1. The minimum absolute atomic E-state index is 0.335. The van der Waals surface area contributed by atoms with Gasteiger partial charge < -0.3 is 14.7 Å². The predicted molar refractivity (Wildman–Crippen MR) is 106 cm³/mol. The Morgan fingerprint density at radius 2 is 1.81 bits per heavy atom. The minimum Gasteiger partial charge on any atom is -0.491 e. The van der Waals surface area contributed by atoms with Gasteiger partial charge in [0, 0.05) is 12.5 Å². The van der Waals surface area contributed by atoms with Gasteiger partial charge >= 0.3 is 0 Å². The molecule has 1 fully saturated rings. The number of piperidine rings is 1. The van der Waals surface area contributed by atoms with Crippen molar-refractivity contribution in [1.82, 2.24) is 9.88 Å². The summed E-state index contributed by atoms with van der Waals surface area (Å²) in [6.45, 7) is 3.01. The smallest absolute Gasteiger partial charge is 0.119 e. The molecule has 1 aliphatic rings. The average Bonchev–Trinajstić information content (AvgIpc) is 3.12. The second kappa shape index (κ2) is 8.16. The molecule has 4 rings (SSSR count). The molecule has 3 aromatic rings. The van der Waals surface area contributed by atoms with Gasteiger partial charge in [0.05, 0.1) is 15.2 Å². The van der Waals surface area contributed by atoms with Gasteiger partial charge in [-0.1, -0.05) is 30.3 Å². The van der Waals surface area contributed by atoms with Gasteiger partial charge in [-0.15, -0.1) is 11.3 Å². The van der Waals surface area contributed by atoms with E-state index in [1.807, 2.05) is 47.7 Å². The van der Waals surface area contributed by atoms with Crippen molar-refractivity contribution in [3.8, 4) is 5.75 Å². The Labute approximate surface area is 158 Å². The quantitative estimate of drug-likeness (QED) is 0.716. The molecule has 2 aromatic carbocycles. The largest absolute Gasteiger partial charge is 0.491 e. The topological polar surface area (TPSA) is 45.6 Å². The van der Waals surface area contributed by atoms with Crippen molar-refractivity contribution in [2.24, 2.45) is 0 Å². The fraction of sp³-hybridized carbons (Fsp3) is 0.381. The lowest BCUT2D eigenvalue weighted by Crippen LogP contribution is -2.40. The van der Waals surface area contributed by atoms with Crippen molar-refractivity contribution in [2.75, 3.05) is 26.2 Å². The third kappa shape index (κ3) is 4.23. The van der Waals surface area contributed by atoms with E-state index >= 15 is 0 Å². The van der Waals surface area contributed by atoms with Gasteiger partial charge in [-0.25, -0.2) is 4.98 Å². The number of rotatable bonds is 6. The molecular formula is C21H24N2O2S. The Morgan fingerprint density at radius 3 is 2.58 bits per heavy atom. The van der Waals surface area contributed by atoms with Gasteiger partial charge in [0.25, 0.3) is 0 Å². The van der Waals surface area contributed by atoms with Crippen LogP contribution in [0, 0.1) is 0 Å². The maximum Gasteiger partial charge on any atom is 0.119 e. The number of thiazole rings is 1. The van der Waals surface area contributed by atoms with E-state index in [0.717, 1.165) is 37.2 Å². The van der Waals surface area contributed by atoms with Crippen molar-refractivity contribution in [3.63, 3.8) is 0 Å². The number of aliphatic hydroxyl groups is 1. The minimum atomic E-state index is -0.464. The van der Waals surface area contributed by atoms with Crippen molar-refractivity contribution in [1.29, 1.82) is 0 Å². The first-order valence-electron chi connectivity index (χ1n) is 9.21. The third-order valence-corrected chi connectivity index (χ3v) is 6.10. The molecule has 1 atom stereocenters.